The average Bonchev–Trinajstić information content (AvgIpc) is 2.71. The lowest BCUT2D eigenvalue weighted by molar-refractivity contribution is 0.561. The zero-order chi connectivity index (χ0) is 9.97. The minimum atomic E-state index is 0.560. The second kappa shape index (κ2) is 3.66. The Morgan fingerprint density at radius 1 is 1.21 bits per heavy atom. The Morgan fingerprint density at radius 2 is 1.93 bits per heavy atom. The molecule has 0 bridgehead atoms. The molecule has 2 nitrogen and oxygen atoms in total. The van der Waals surface area contributed by atoms with Crippen LogP contribution in [0.1, 0.15) is 25.3 Å². The van der Waals surface area contributed by atoms with Gasteiger partial charge in [0.15, 0.2) is 5.76 Å². The molecule has 0 unspecified atom stereocenters. The van der Waals surface area contributed by atoms with Crippen LogP contribution < -0.4 is 0 Å². The summed E-state index contributed by atoms with van der Waals surface area (Å²) in [6.07, 6.45) is 4.11. The molecule has 0 aliphatic rings. The van der Waals surface area contributed by atoms with Crippen LogP contribution in [-0.2, 0) is 0 Å². The van der Waals surface area contributed by atoms with Gasteiger partial charge in [-0.05, 0) is 11.5 Å². The first kappa shape index (κ1) is 9.00. The zero-order valence-corrected chi connectivity index (χ0v) is 8.32. The number of hydrogen-bond donors (Lipinski definition) is 0. The van der Waals surface area contributed by atoms with Gasteiger partial charge in [-0.3, -0.25) is 0 Å². The van der Waals surface area contributed by atoms with E-state index in [1.54, 1.807) is 6.20 Å². The van der Waals surface area contributed by atoms with Crippen molar-refractivity contribution < 1.29 is 4.42 Å². The van der Waals surface area contributed by atoms with E-state index >= 15 is 0 Å². The topological polar surface area (TPSA) is 26.0 Å². The van der Waals surface area contributed by atoms with Gasteiger partial charge in [0.1, 0.15) is 0 Å². The Hall–Kier alpha value is -1.57. The van der Waals surface area contributed by atoms with Crippen LogP contribution in [0.4, 0.5) is 0 Å². The molecule has 2 aromatic rings. The molecule has 1 heterocycles. The molecular weight excluding hydrogens is 174 g/mol. The fourth-order valence-corrected chi connectivity index (χ4v) is 1.35. The fourth-order valence-electron chi connectivity index (χ4n) is 1.35. The molecule has 14 heavy (non-hydrogen) atoms. The summed E-state index contributed by atoms with van der Waals surface area (Å²) in [5.74, 6) is 1.32. The van der Waals surface area contributed by atoms with E-state index in [2.05, 4.69) is 37.4 Å². The van der Waals surface area contributed by atoms with Crippen LogP contribution in [0, 0.1) is 6.39 Å². The van der Waals surface area contributed by atoms with Crippen molar-refractivity contribution in [2.45, 2.75) is 19.8 Å². The lowest BCUT2D eigenvalue weighted by Gasteiger charge is -2.04. The van der Waals surface area contributed by atoms with Crippen molar-refractivity contribution in [2.75, 3.05) is 0 Å². The summed E-state index contributed by atoms with van der Waals surface area (Å²) in [5, 5.41) is 0. The second-order valence-corrected chi connectivity index (χ2v) is 3.59. The minimum Gasteiger partial charge on any atom is -0.432 e. The summed E-state index contributed by atoms with van der Waals surface area (Å²) < 4.78 is 5.08. The highest BCUT2D eigenvalue weighted by molar-refractivity contribution is 5.56. The maximum absolute atomic E-state index is 5.08. The van der Waals surface area contributed by atoms with Gasteiger partial charge in [0, 0.05) is 5.56 Å². The third-order valence-electron chi connectivity index (χ3n) is 2.25. The van der Waals surface area contributed by atoms with E-state index in [1.165, 1.54) is 5.56 Å². The number of oxazole rings is 1. The minimum absolute atomic E-state index is 0.560. The Bertz CT molecular complexity index is 387. The van der Waals surface area contributed by atoms with Crippen LogP contribution in [0.5, 0.6) is 0 Å². The number of aromatic nitrogens is 1. The zero-order valence-electron chi connectivity index (χ0n) is 8.32. The van der Waals surface area contributed by atoms with Crippen LogP contribution in [0.3, 0.4) is 0 Å². The summed E-state index contributed by atoms with van der Waals surface area (Å²) >= 11 is 0. The molecular formula is C12H12NO. The van der Waals surface area contributed by atoms with Gasteiger partial charge in [0.25, 0.3) is 6.39 Å². The Balaban J connectivity index is 2.31. The van der Waals surface area contributed by atoms with Crippen molar-refractivity contribution >= 4 is 0 Å². The predicted molar refractivity (Wildman–Crippen MR) is 54.9 cm³/mol. The van der Waals surface area contributed by atoms with E-state index < -0.39 is 0 Å². The van der Waals surface area contributed by atoms with Crippen LogP contribution >= 0.6 is 0 Å². The molecule has 1 aromatic heterocycles. The molecule has 0 spiro atoms. The number of rotatable bonds is 2. The first-order chi connectivity index (χ1) is 6.77. The smallest absolute Gasteiger partial charge is 0.284 e. The average molecular weight is 186 g/mol. The van der Waals surface area contributed by atoms with Crippen molar-refractivity contribution in [2.24, 2.45) is 0 Å². The summed E-state index contributed by atoms with van der Waals surface area (Å²) in [6, 6.07) is 8.32. The summed E-state index contributed by atoms with van der Waals surface area (Å²) in [6.45, 7) is 4.36. The van der Waals surface area contributed by atoms with E-state index in [1.807, 2.05) is 12.1 Å². The van der Waals surface area contributed by atoms with E-state index in [9.17, 15) is 0 Å². The van der Waals surface area contributed by atoms with Gasteiger partial charge in [-0.25, -0.2) is 4.98 Å². The standard InChI is InChI=1S/C12H12NO/c1-9(2)10-3-5-11(6-4-10)12-7-13-8-14-12/h3-7,9H,1-2H3. The number of nitrogens with zero attached hydrogens (tertiary/aromatic N) is 1. The Labute approximate surface area is 83.6 Å². The van der Waals surface area contributed by atoms with Crippen molar-refractivity contribution in [1.29, 1.82) is 0 Å². The largest absolute Gasteiger partial charge is 0.432 e. The molecule has 0 saturated carbocycles. The quantitative estimate of drug-likeness (QED) is 0.719. The molecule has 2 rings (SSSR count). The molecule has 1 aromatic carbocycles. The van der Waals surface area contributed by atoms with Crippen LogP contribution in [0.2, 0.25) is 0 Å². The van der Waals surface area contributed by atoms with Crippen LogP contribution in [-0.4, -0.2) is 4.98 Å². The maximum atomic E-state index is 5.08. The van der Waals surface area contributed by atoms with E-state index in [-0.39, 0.29) is 0 Å². The van der Waals surface area contributed by atoms with Gasteiger partial charge in [-0.15, -0.1) is 0 Å². The highest BCUT2D eigenvalue weighted by atomic mass is 16.3. The maximum Gasteiger partial charge on any atom is 0.284 e. The number of hydrogen-bond acceptors (Lipinski definition) is 2. The molecule has 0 fully saturated rings. The molecule has 0 aliphatic carbocycles. The van der Waals surface area contributed by atoms with E-state index in [0.717, 1.165) is 11.3 Å². The van der Waals surface area contributed by atoms with Gasteiger partial charge in [0.2, 0.25) is 0 Å². The normalized spacial score (nSPS) is 10.8. The molecule has 0 saturated heterocycles. The van der Waals surface area contributed by atoms with Crippen molar-refractivity contribution in [3.05, 3.63) is 42.4 Å². The summed E-state index contributed by atoms with van der Waals surface area (Å²) in [7, 11) is 0. The molecule has 0 amide bonds. The van der Waals surface area contributed by atoms with Gasteiger partial charge in [-0.1, -0.05) is 38.1 Å². The molecule has 0 N–H and O–H groups in total. The monoisotopic (exact) mass is 186 g/mol. The highest BCUT2D eigenvalue weighted by Gasteiger charge is 2.02. The molecule has 0 atom stereocenters. The second-order valence-electron chi connectivity index (χ2n) is 3.59. The molecule has 1 radical (unpaired) electrons. The van der Waals surface area contributed by atoms with Crippen LogP contribution in [0.15, 0.2) is 34.9 Å². The highest BCUT2D eigenvalue weighted by Crippen LogP contribution is 2.21. The molecule has 2 heteroatoms. The lowest BCUT2D eigenvalue weighted by Crippen LogP contribution is -1.85. The molecule has 71 valence electrons. The number of benzene rings is 1. The van der Waals surface area contributed by atoms with Gasteiger partial charge in [-0.2, -0.15) is 0 Å². The van der Waals surface area contributed by atoms with Crippen LogP contribution in [0.25, 0.3) is 11.3 Å². The fraction of sp³-hybridized carbons (Fsp3) is 0.250. The first-order valence-corrected chi connectivity index (χ1v) is 4.69. The summed E-state index contributed by atoms with van der Waals surface area (Å²) in [4.78, 5) is 3.76. The Morgan fingerprint density at radius 3 is 2.43 bits per heavy atom. The van der Waals surface area contributed by atoms with Gasteiger partial charge < -0.3 is 4.42 Å². The Kier molecular flexibility index (Phi) is 2.35. The van der Waals surface area contributed by atoms with Crippen molar-refractivity contribution in [3.63, 3.8) is 0 Å². The molecule has 0 aliphatic heterocycles. The summed E-state index contributed by atoms with van der Waals surface area (Å²) in [5.41, 5.74) is 2.38. The van der Waals surface area contributed by atoms with Gasteiger partial charge >= 0.3 is 0 Å². The van der Waals surface area contributed by atoms with E-state index in [0.29, 0.717) is 5.92 Å². The van der Waals surface area contributed by atoms with Crippen molar-refractivity contribution in [3.8, 4) is 11.3 Å². The van der Waals surface area contributed by atoms with E-state index in [4.69, 9.17) is 4.42 Å². The van der Waals surface area contributed by atoms with Gasteiger partial charge in [0.05, 0.1) is 6.20 Å². The lowest BCUT2D eigenvalue weighted by atomic mass is 10.0. The third-order valence-corrected chi connectivity index (χ3v) is 2.25. The third kappa shape index (κ3) is 1.69. The van der Waals surface area contributed by atoms with Crippen molar-refractivity contribution in [1.82, 2.24) is 4.98 Å². The first-order valence-electron chi connectivity index (χ1n) is 4.69. The SMILES string of the molecule is CC(C)c1ccc(-c2cn[c]o2)cc1. The predicted octanol–water partition coefficient (Wildman–Crippen LogP) is 3.27.